The molecule has 1 unspecified atom stereocenters. The number of nitrogens with zero attached hydrogens (tertiary/aromatic N) is 4. The third-order valence-corrected chi connectivity index (χ3v) is 6.16. The van der Waals surface area contributed by atoms with Gasteiger partial charge in [0.25, 0.3) is 5.56 Å². The summed E-state index contributed by atoms with van der Waals surface area (Å²) in [7, 11) is 0. The van der Waals surface area contributed by atoms with E-state index in [1.54, 1.807) is 31.4 Å². The topological polar surface area (TPSA) is 102 Å². The molecule has 2 aromatic rings. The number of aliphatic hydroxyl groups excluding tert-OH is 1. The van der Waals surface area contributed by atoms with Crippen LogP contribution in [0.15, 0.2) is 23.1 Å². The minimum atomic E-state index is -1.30. The van der Waals surface area contributed by atoms with Crippen LogP contribution in [0.1, 0.15) is 38.7 Å². The molecule has 4 rings (SSSR count). The molecule has 1 N–H and O–H groups in total. The molecule has 162 valence electrons. The van der Waals surface area contributed by atoms with Crippen molar-refractivity contribution in [2.24, 2.45) is 0 Å². The lowest BCUT2D eigenvalue weighted by Gasteiger charge is -2.49. The number of aliphatic hydroxyl groups is 1. The van der Waals surface area contributed by atoms with Crippen LogP contribution in [-0.2, 0) is 6.54 Å². The van der Waals surface area contributed by atoms with Crippen molar-refractivity contribution in [3.8, 4) is 0 Å². The number of carbonyl (C=O) groups is 1. The summed E-state index contributed by atoms with van der Waals surface area (Å²) in [5.74, 6) is -0.676. The van der Waals surface area contributed by atoms with Crippen molar-refractivity contribution in [3.05, 3.63) is 40.1 Å². The number of carboxylic acid groups (broad SMARTS) is 1. The Morgan fingerprint density at radius 2 is 2.10 bits per heavy atom. The summed E-state index contributed by atoms with van der Waals surface area (Å²) in [6.45, 7) is 6.95. The van der Waals surface area contributed by atoms with Gasteiger partial charge in [0.05, 0.1) is 29.4 Å². The van der Waals surface area contributed by atoms with E-state index in [0.717, 1.165) is 0 Å². The monoisotopic (exact) mass is 417 g/mol. The van der Waals surface area contributed by atoms with Gasteiger partial charge in [-0.1, -0.05) is 0 Å². The normalized spacial score (nSPS) is 24.4. The first kappa shape index (κ1) is 20.7. The number of pyridine rings is 2. The average molecular weight is 417 g/mol. The van der Waals surface area contributed by atoms with Gasteiger partial charge in [-0.15, -0.1) is 0 Å². The fraction of sp³-hybridized carbons (Fsp3) is 0.571. The van der Waals surface area contributed by atoms with Crippen LogP contribution >= 0.6 is 0 Å². The number of amides is 1. The number of hydrogen-bond acceptors (Lipinski definition) is 6. The second-order valence-corrected chi connectivity index (χ2v) is 9.22. The molecule has 4 heterocycles. The number of β-amino-alcohol motifs (C(OH)–C–C–N with tert-alkyl or cyclic N) is 1. The van der Waals surface area contributed by atoms with Gasteiger partial charge in [0.15, 0.2) is 0 Å². The van der Waals surface area contributed by atoms with Gasteiger partial charge in [-0.3, -0.25) is 14.7 Å². The number of carbonyl (C=O) groups excluding carboxylic acids is 1. The minimum Gasteiger partial charge on any atom is -0.530 e. The Morgan fingerprint density at radius 1 is 1.37 bits per heavy atom. The number of halogens is 1. The Labute approximate surface area is 173 Å². The first-order valence-electron chi connectivity index (χ1n) is 10.2. The predicted molar refractivity (Wildman–Crippen MR) is 107 cm³/mol. The van der Waals surface area contributed by atoms with Crippen molar-refractivity contribution in [2.75, 3.05) is 19.6 Å². The zero-order valence-corrected chi connectivity index (χ0v) is 17.3. The van der Waals surface area contributed by atoms with Crippen LogP contribution in [-0.4, -0.2) is 67.9 Å². The SMILES string of the molecule is CC(C)(C)N(C(=O)[O-])[C@@H]1CCN(CC2Cn3c(=O)ccc4ncc(F)c2c43)C[C@@H]1O. The molecule has 2 aliphatic heterocycles. The highest BCUT2D eigenvalue weighted by Crippen LogP contribution is 2.35. The molecule has 1 saturated heterocycles. The van der Waals surface area contributed by atoms with Crippen LogP contribution in [0.2, 0.25) is 0 Å². The average Bonchev–Trinajstić information content (AvgIpc) is 3.02. The van der Waals surface area contributed by atoms with E-state index >= 15 is 0 Å². The number of aromatic nitrogens is 2. The Bertz CT molecular complexity index is 1050. The first-order chi connectivity index (χ1) is 14.1. The number of likely N-dealkylation sites (tertiary alicyclic amines) is 1. The minimum absolute atomic E-state index is 0.188. The Hall–Kier alpha value is -2.52. The summed E-state index contributed by atoms with van der Waals surface area (Å²) in [6, 6.07) is 2.49. The Kier molecular flexibility index (Phi) is 5.06. The van der Waals surface area contributed by atoms with Crippen LogP contribution in [0.5, 0.6) is 0 Å². The van der Waals surface area contributed by atoms with Crippen LogP contribution in [0, 0.1) is 5.82 Å². The van der Waals surface area contributed by atoms with Gasteiger partial charge in [-0.2, -0.15) is 0 Å². The van der Waals surface area contributed by atoms with Crippen molar-refractivity contribution in [3.63, 3.8) is 0 Å². The van der Waals surface area contributed by atoms with Crippen molar-refractivity contribution in [2.45, 2.75) is 57.3 Å². The van der Waals surface area contributed by atoms with E-state index in [1.807, 2.05) is 4.90 Å². The van der Waals surface area contributed by atoms with Gasteiger partial charge in [-0.05, 0) is 33.3 Å². The van der Waals surface area contributed by atoms with Crippen LogP contribution in [0.4, 0.5) is 9.18 Å². The summed E-state index contributed by atoms with van der Waals surface area (Å²) >= 11 is 0. The molecule has 30 heavy (non-hydrogen) atoms. The zero-order valence-electron chi connectivity index (χ0n) is 17.3. The largest absolute Gasteiger partial charge is 0.530 e. The van der Waals surface area contributed by atoms with Crippen molar-refractivity contribution in [1.29, 1.82) is 0 Å². The van der Waals surface area contributed by atoms with Crippen LogP contribution in [0.25, 0.3) is 11.0 Å². The number of rotatable bonds is 3. The molecule has 8 nitrogen and oxygen atoms in total. The molecule has 0 radical (unpaired) electrons. The van der Waals surface area contributed by atoms with Crippen LogP contribution in [0.3, 0.4) is 0 Å². The summed E-state index contributed by atoms with van der Waals surface area (Å²) in [5.41, 5.74) is 0.737. The predicted octanol–water partition coefficient (Wildman–Crippen LogP) is 0.512. The van der Waals surface area contributed by atoms with E-state index in [4.69, 9.17) is 0 Å². The van der Waals surface area contributed by atoms with Crippen LogP contribution < -0.4 is 10.7 Å². The lowest BCUT2D eigenvalue weighted by molar-refractivity contribution is -0.276. The lowest BCUT2D eigenvalue weighted by atomic mass is 9.93. The van der Waals surface area contributed by atoms with Crippen molar-refractivity contribution < 1.29 is 19.4 Å². The second-order valence-electron chi connectivity index (χ2n) is 9.22. The van der Waals surface area contributed by atoms with E-state index in [1.165, 1.54) is 17.2 Å². The standard InChI is InChI=1S/C21H27FN4O4/c1-21(2,3)26(20(29)30)15-6-7-24(11-16(15)27)9-12-10-25-17(28)5-4-14-19(25)18(12)13(22)8-23-14/h4-5,8,12,15-16,27H,6-7,9-11H2,1-3H3,(H,29,30)/p-1/t12?,15-,16+/m1/s1. The quantitative estimate of drug-likeness (QED) is 0.781. The molecule has 0 aliphatic carbocycles. The van der Waals surface area contributed by atoms with Gasteiger partial charge >= 0.3 is 0 Å². The van der Waals surface area contributed by atoms with Gasteiger partial charge in [0, 0.05) is 49.3 Å². The molecular weight excluding hydrogens is 391 g/mol. The molecule has 9 heteroatoms. The highest BCUT2D eigenvalue weighted by Gasteiger charge is 2.39. The maximum Gasteiger partial charge on any atom is 0.251 e. The van der Waals surface area contributed by atoms with E-state index < -0.39 is 29.6 Å². The van der Waals surface area contributed by atoms with E-state index in [-0.39, 0.29) is 18.0 Å². The molecule has 0 aromatic carbocycles. The Morgan fingerprint density at radius 3 is 2.73 bits per heavy atom. The molecule has 2 aliphatic rings. The summed E-state index contributed by atoms with van der Waals surface area (Å²) in [6.07, 6.45) is -0.552. The maximum atomic E-state index is 14.6. The number of hydrogen-bond donors (Lipinski definition) is 1. The maximum absolute atomic E-state index is 14.6. The third kappa shape index (κ3) is 3.45. The lowest BCUT2D eigenvalue weighted by Crippen LogP contribution is -2.63. The van der Waals surface area contributed by atoms with Gasteiger partial charge in [0.1, 0.15) is 11.9 Å². The smallest absolute Gasteiger partial charge is 0.251 e. The summed E-state index contributed by atoms with van der Waals surface area (Å²) in [5, 5.41) is 22.4. The van der Waals surface area contributed by atoms with Gasteiger partial charge in [-0.25, -0.2) is 4.39 Å². The Balaban J connectivity index is 1.53. The molecule has 3 atom stereocenters. The molecule has 0 spiro atoms. The molecule has 0 saturated carbocycles. The van der Waals surface area contributed by atoms with Gasteiger partial charge < -0.3 is 24.5 Å². The first-order valence-corrected chi connectivity index (χ1v) is 10.2. The van der Waals surface area contributed by atoms with Crippen molar-refractivity contribution in [1.82, 2.24) is 19.4 Å². The summed E-state index contributed by atoms with van der Waals surface area (Å²) < 4.78 is 16.2. The fourth-order valence-electron chi connectivity index (χ4n) is 4.96. The molecule has 0 bridgehead atoms. The molecule has 1 fully saturated rings. The highest BCUT2D eigenvalue weighted by atomic mass is 19.1. The van der Waals surface area contributed by atoms with Gasteiger partial charge in [0.2, 0.25) is 0 Å². The summed E-state index contributed by atoms with van der Waals surface area (Å²) in [4.78, 5) is 31.2. The molecular formula is C21H26FN4O4-. The van der Waals surface area contributed by atoms with E-state index in [2.05, 4.69) is 4.98 Å². The van der Waals surface area contributed by atoms with E-state index in [0.29, 0.717) is 42.7 Å². The third-order valence-electron chi connectivity index (χ3n) is 6.16. The van der Waals surface area contributed by atoms with Crippen molar-refractivity contribution >= 4 is 17.1 Å². The second kappa shape index (κ2) is 7.31. The van der Waals surface area contributed by atoms with E-state index in [9.17, 15) is 24.2 Å². The molecule has 1 amide bonds. The zero-order chi connectivity index (χ0) is 21.8. The fourth-order valence-corrected chi connectivity index (χ4v) is 4.96. The number of piperidine rings is 1. The highest BCUT2D eigenvalue weighted by molar-refractivity contribution is 5.80. The molecule has 2 aromatic heterocycles.